The van der Waals surface area contributed by atoms with E-state index in [2.05, 4.69) is 8.83 Å². The van der Waals surface area contributed by atoms with Gasteiger partial charge < -0.3 is 40.5 Å². The molecule has 1 aliphatic rings. The molecular weight excluding hydrogens is 324 g/mol. The molecule has 0 aromatic carbocycles. The predicted molar refractivity (Wildman–Crippen MR) is 59.8 cm³/mol. The van der Waals surface area contributed by atoms with Crippen molar-refractivity contribution in [2.45, 2.75) is 30.6 Å². The third kappa shape index (κ3) is 5.11. The molecule has 20 heavy (non-hydrogen) atoms. The third-order valence-electron chi connectivity index (χ3n) is 2.38. The Morgan fingerprint density at radius 1 is 1.10 bits per heavy atom. The van der Waals surface area contributed by atoms with Crippen LogP contribution in [0.5, 0.6) is 0 Å². The van der Waals surface area contributed by atoms with Gasteiger partial charge in [-0.1, -0.05) is 0 Å². The summed E-state index contributed by atoms with van der Waals surface area (Å²) < 4.78 is 33.9. The van der Waals surface area contributed by atoms with Gasteiger partial charge in [-0.05, 0) is 0 Å². The average Bonchev–Trinajstić information content (AvgIpc) is 2.26. The van der Waals surface area contributed by atoms with Crippen molar-refractivity contribution in [1.82, 2.24) is 0 Å². The molecule has 1 fully saturated rings. The lowest BCUT2D eigenvalue weighted by Gasteiger charge is -2.38. The molecule has 0 spiro atoms. The molecule has 1 aliphatic heterocycles. The Hall–Kier alpha value is 0.0600. The van der Waals surface area contributed by atoms with Crippen LogP contribution in [0.3, 0.4) is 0 Å². The van der Waals surface area contributed by atoms with Gasteiger partial charge in [0.2, 0.25) is 0 Å². The van der Waals surface area contributed by atoms with Crippen molar-refractivity contribution < 1.29 is 52.7 Å². The molecule has 120 valence electrons. The summed E-state index contributed by atoms with van der Waals surface area (Å²) in [5.41, 5.74) is 5.28. The molecule has 0 amide bonds. The summed E-state index contributed by atoms with van der Waals surface area (Å²) in [6.45, 7) is -0.893. The number of nitrogens with two attached hydrogens (primary N) is 1. The van der Waals surface area contributed by atoms with Gasteiger partial charge in [0.1, 0.15) is 18.3 Å². The van der Waals surface area contributed by atoms with Crippen molar-refractivity contribution in [3.05, 3.63) is 0 Å². The van der Waals surface area contributed by atoms with Gasteiger partial charge in [0.15, 0.2) is 6.29 Å². The molecule has 0 aliphatic carbocycles. The second kappa shape index (κ2) is 6.44. The normalized spacial score (nSPS) is 38.5. The Morgan fingerprint density at radius 2 is 1.65 bits per heavy atom. The van der Waals surface area contributed by atoms with E-state index in [1.54, 1.807) is 0 Å². The Kier molecular flexibility index (Phi) is 5.83. The van der Waals surface area contributed by atoms with Crippen molar-refractivity contribution >= 4 is 15.6 Å². The number of hydrogen-bond donors (Lipinski definition) is 7. The van der Waals surface area contributed by atoms with Gasteiger partial charge in [0.25, 0.3) is 0 Å². The third-order valence-corrected chi connectivity index (χ3v) is 4.53. The first-order valence-corrected chi connectivity index (χ1v) is 8.15. The van der Waals surface area contributed by atoms with Crippen LogP contribution in [0.15, 0.2) is 0 Å². The van der Waals surface area contributed by atoms with E-state index in [1.807, 2.05) is 0 Å². The summed E-state index contributed by atoms with van der Waals surface area (Å²) in [6, 6.07) is -1.30. The Labute approximate surface area is 112 Å². The molecule has 0 saturated carbocycles. The van der Waals surface area contributed by atoms with Crippen molar-refractivity contribution in [1.29, 1.82) is 0 Å². The quantitative estimate of drug-likeness (QED) is 0.250. The van der Waals surface area contributed by atoms with Crippen molar-refractivity contribution in [3.8, 4) is 0 Å². The fourth-order valence-corrected chi connectivity index (χ4v) is 3.03. The van der Waals surface area contributed by atoms with Gasteiger partial charge in [0.05, 0.1) is 12.6 Å². The van der Waals surface area contributed by atoms with E-state index < -0.39 is 52.9 Å². The number of aliphatic hydroxyl groups excluding tert-OH is 3. The van der Waals surface area contributed by atoms with Crippen LogP contribution in [0.25, 0.3) is 0 Å². The summed E-state index contributed by atoms with van der Waals surface area (Å²) in [5, 5.41) is 28.3. The minimum Gasteiger partial charge on any atom is -0.388 e. The van der Waals surface area contributed by atoms with E-state index in [-0.39, 0.29) is 0 Å². The molecule has 2 unspecified atom stereocenters. The SMILES string of the molecule is N[C@@H]1C(O)O[C@H](COP(=O)(O)OP(=O)(O)O)[C@@H](O)[C@@H]1O. The summed E-state index contributed by atoms with van der Waals surface area (Å²) in [6.07, 6.45) is -6.36. The van der Waals surface area contributed by atoms with Crippen LogP contribution in [-0.4, -0.2) is 67.3 Å². The molecule has 0 aromatic rings. The maximum absolute atomic E-state index is 11.1. The molecule has 1 rings (SSSR count). The molecule has 14 heteroatoms. The molecule has 0 bridgehead atoms. The van der Waals surface area contributed by atoms with E-state index in [0.29, 0.717) is 0 Å². The van der Waals surface area contributed by atoms with E-state index in [9.17, 15) is 24.4 Å². The molecule has 12 nitrogen and oxygen atoms in total. The maximum Gasteiger partial charge on any atom is 0.481 e. The monoisotopic (exact) mass is 339 g/mol. The van der Waals surface area contributed by atoms with Crippen LogP contribution in [0.4, 0.5) is 0 Å². The fourth-order valence-electron chi connectivity index (χ4n) is 1.43. The first kappa shape index (κ1) is 18.1. The number of ether oxygens (including phenoxy) is 1. The van der Waals surface area contributed by atoms with Gasteiger partial charge in [-0.3, -0.25) is 4.52 Å². The number of phosphoric acid groups is 2. The molecular formula is C6H15NO11P2. The van der Waals surface area contributed by atoms with Crippen LogP contribution < -0.4 is 5.73 Å². The van der Waals surface area contributed by atoms with Crippen molar-refractivity contribution in [3.63, 3.8) is 0 Å². The van der Waals surface area contributed by atoms with Crippen LogP contribution in [-0.2, 0) is 22.7 Å². The Bertz CT molecular complexity index is 425. The largest absolute Gasteiger partial charge is 0.481 e. The number of aliphatic hydroxyl groups is 3. The predicted octanol–water partition coefficient (Wildman–Crippen LogP) is -3.02. The van der Waals surface area contributed by atoms with Crippen molar-refractivity contribution in [2.75, 3.05) is 6.61 Å². The van der Waals surface area contributed by atoms with Gasteiger partial charge >= 0.3 is 15.6 Å². The summed E-state index contributed by atoms with van der Waals surface area (Å²) in [7, 11) is -10.4. The second-order valence-electron chi connectivity index (χ2n) is 3.96. The van der Waals surface area contributed by atoms with E-state index in [0.717, 1.165) is 0 Å². The highest BCUT2D eigenvalue weighted by Gasteiger charge is 2.43. The van der Waals surface area contributed by atoms with Gasteiger partial charge in [-0.25, -0.2) is 9.13 Å². The number of rotatable bonds is 5. The van der Waals surface area contributed by atoms with E-state index in [1.165, 1.54) is 0 Å². The topological polar surface area (TPSA) is 209 Å². The molecule has 1 heterocycles. The zero-order valence-corrected chi connectivity index (χ0v) is 11.6. The second-order valence-corrected chi connectivity index (χ2v) is 6.79. The van der Waals surface area contributed by atoms with E-state index >= 15 is 0 Å². The number of hydrogen-bond acceptors (Lipinski definition) is 9. The minimum absolute atomic E-state index is 0.893. The number of phosphoric ester groups is 1. The highest BCUT2D eigenvalue weighted by atomic mass is 31.3. The van der Waals surface area contributed by atoms with Gasteiger partial charge in [-0.2, -0.15) is 4.31 Å². The van der Waals surface area contributed by atoms with Crippen LogP contribution >= 0.6 is 15.6 Å². The van der Waals surface area contributed by atoms with Crippen LogP contribution in [0.1, 0.15) is 0 Å². The van der Waals surface area contributed by atoms with Crippen LogP contribution in [0, 0.1) is 0 Å². The maximum atomic E-state index is 11.1. The smallest absolute Gasteiger partial charge is 0.388 e. The van der Waals surface area contributed by atoms with Crippen molar-refractivity contribution in [2.24, 2.45) is 5.73 Å². The Morgan fingerprint density at radius 3 is 2.15 bits per heavy atom. The Balaban J connectivity index is 2.61. The van der Waals surface area contributed by atoms with Crippen LogP contribution in [0.2, 0.25) is 0 Å². The zero-order chi connectivity index (χ0) is 15.7. The lowest BCUT2D eigenvalue weighted by Crippen LogP contribution is -2.61. The summed E-state index contributed by atoms with van der Waals surface area (Å²) in [5.74, 6) is 0. The zero-order valence-electron chi connectivity index (χ0n) is 9.79. The lowest BCUT2D eigenvalue weighted by atomic mass is 9.98. The summed E-state index contributed by atoms with van der Waals surface area (Å²) >= 11 is 0. The molecule has 1 saturated heterocycles. The van der Waals surface area contributed by atoms with E-state index in [4.69, 9.17) is 25.2 Å². The summed E-state index contributed by atoms with van der Waals surface area (Å²) in [4.78, 5) is 25.7. The average molecular weight is 339 g/mol. The molecule has 6 atom stereocenters. The highest BCUT2D eigenvalue weighted by Crippen LogP contribution is 2.57. The van der Waals surface area contributed by atoms with Gasteiger partial charge in [-0.15, -0.1) is 0 Å². The molecule has 0 aromatic heterocycles. The molecule has 0 radical (unpaired) electrons. The fraction of sp³-hybridized carbons (Fsp3) is 1.00. The highest BCUT2D eigenvalue weighted by molar-refractivity contribution is 7.60. The van der Waals surface area contributed by atoms with Gasteiger partial charge in [0, 0.05) is 0 Å². The minimum atomic E-state index is -5.27. The first-order chi connectivity index (χ1) is 8.93. The first-order valence-electron chi connectivity index (χ1n) is 5.12. The standard InChI is InChI=1S/C6H15NO11P2/c7-3-5(9)4(8)2(17-6(3)10)1-16-20(14,15)18-19(11,12)13/h2-6,8-10H,1,7H2,(H,14,15)(H2,11,12,13)/t2-,3+,4-,5-,6?/m1/s1. The lowest BCUT2D eigenvalue weighted by molar-refractivity contribution is -0.247. The molecule has 8 N–H and O–H groups in total.